The number of ketones is 1. The summed E-state index contributed by atoms with van der Waals surface area (Å²) >= 11 is 0. The molecule has 2 heterocycles. The van der Waals surface area contributed by atoms with Gasteiger partial charge in [0.15, 0.2) is 5.78 Å². The van der Waals surface area contributed by atoms with E-state index in [1.54, 1.807) is 48.5 Å². The SMILES string of the molecule is O=C1Nc2ccccc2/C1=C/C(=O)c1cc2ccccc2oc1=O. The van der Waals surface area contributed by atoms with Crippen LogP contribution in [0.1, 0.15) is 15.9 Å². The van der Waals surface area contributed by atoms with Gasteiger partial charge in [-0.2, -0.15) is 0 Å². The maximum absolute atomic E-state index is 12.5. The van der Waals surface area contributed by atoms with E-state index in [2.05, 4.69) is 5.32 Å². The zero-order valence-corrected chi connectivity index (χ0v) is 12.4. The lowest BCUT2D eigenvalue weighted by Crippen LogP contribution is -2.13. The fraction of sp³-hybridized carbons (Fsp3) is 0. The molecule has 0 fully saturated rings. The molecule has 4 rings (SSSR count). The predicted octanol–water partition coefficient (Wildman–Crippen LogP) is 3.01. The second kappa shape index (κ2) is 5.31. The van der Waals surface area contributed by atoms with Crippen LogP contribution in [-0.2, 0) is 4.79 Å². The van der Waals surface area contributed by atoms with Gasteiger partial charge in [-0.3, -0.25) is 9.59 Å². The minimum absolute atomic E-state index is 0.0987. The summed E-state index contributed by atoms with van der Waals surface area (Å²) in [6, 6.07) is 15.5. The molecule has 0 aliphatic carbocycles. The van der Waals surface area contributed by atoms with Crippen molar-refractivity contribution < 1.29 is 14.0 Å². The van der Waals surface area contributed by atoms with Gasteiger partial charge in [0.2, 0.25) is 0 Å². The fourth-order valence-electron chi connectivity index (χ4n) is 2.72. The van der Waals surface area contributed by atoms with E-state index in [0.717, 1.165) is 0 Å². The van der Waals surface area contributed by atoms with Crippen molar-refractivity contribution in [2.75, 3.05) is 5.32 Å². The second-order valence-electron chi connectivity index (χ2n) is 5.41. The van der Waals surface area contributed by atoms with Crippen molar-refractivity contribution in [2.45, 2.75) is 0 Å². The van der Waals surface area contributed by atoms with Crippen LogP contribution < -0.4 is 10.9 Å². The molecule has 0 saturated carbocycles. The molecule has 1 N–H and O–H groups in total. The summed E-state index contributed by atoms with van der Waals surface area (Å²) in [6.45, 7) is 0. The van der Waals surface area contributed by atoms with Crippen LogP contribution >= 0.6 is 0 Å². The Morgan fingerprint density at radius 1 is 1.00 bits per heavy atom. The Hall–Kier alpha value is -3.47. The molecule has 1 amide bonds. The standard InChI is InChI=1S/C19H11NO4/c21-16(10-13-12-6-2-3-7-15(12)20-18(13)22)14-9-11-5-1-4-8-17(11)24-19(14)23/h1-10H,(H,20,22)/b13-10-. The Morgan fingerprint density at radius 2 is 1.75 bits per heavy atom. The third-order valence-corrected chi connectivity index (χ3v) is 3.89. The summed E-state index contributed by atoms with van der Waals surface area (Å²) in [5.41, 5.74) is 1.12. The Balaban J connectivity index is 1.81. The molecule has 2 aromatic carbocycles. The fourth-order valence-corrected chi connectivity index (χ4v) is 2.72. The molecule has 5 nitrogen and oxygen atoms in total. The topological polar surface area (TPSA) is 76.4 Å². The number of benzene rings is 2. The van der Waals surface area contributed by atoms with Crippen molar-refractivity contribution >= 4 is 33.9 Å². The van der Waals surface area contributed by atoms with Gasteiger partial charge in [0.1, 0.15) is 11.1 Å². The second-order valence-corrected chi connectivity index (χ2v) is 5.41. The Labute approximate surface area is 136 Å². The van der Waals surface area contributed by atoms with Crippen molar-refractivity contribution in [1.82, 2.24) is 0 Å². The summed E-state index contributed by atoms with van der Waals surface area (Å²) in [5.74, 6) is -0.925. The van der Waals surface area contributed by atoms with Crippen molar-refractivity contribution in [3.8, 4) is 0 Å². The molecule has 3 aromatic rings. The molecule has 0 bridgehead atoms. The van der Waals surface area contributed by atoms with Crippen molar-refractivity contribution in [3.63, 3.8) is 0 Å². The Kier molecular flexibility index (Phi) is 3.13. The molecule has 0 atom stereocenters. The summed E-state index contributed by atoms with van der Waals surface area (Å²) in [7, 11) is 0. The highest BCUT2D eigenvalue weighted by Gasteiger charge is 2.25. The third kappa shape index (κ3) is 2.23. The summed E-state index contributed by atoms with van der Waals surface area (Å²) in [5, 5.41) is 3.34. The van der Waals surface area contributed by atoms with Crippen molar-refractivity contribution in [3.05, 3.63) is 82.2 Å². The van der Waals surface area contributed by atoms with Gasteiger partial charge < -0.3 is 9.73 Å². The first-order valence-corrected chi connectivity index (χ1v) is 7.33. The van der Waals surface area contributed by atoms with E-state index in [0.29, 0.717) is 22.2 Å². The number of hydrogen-bond donors (Lipinski definition) is 1. The van der Waals surface area contributed by atoms with Crippen LogP contribution in [0.25, 0.3) is 16.5 Å². The zero-order chi connectivity index (χ0) is 16.7. The highest BCUT2D eigenvalue weighted by atomic mass is 16.4. The molecule has 24 heavy (non-hydrogen) atoms. The van der Waals surface area contributed by atoms with E-state index in [9.17, 15) is 14.4 Å². The molecular formula is C19H11NO4. The first-order valence-electron chi connectivity index (χ1n) is 7.33. The van der Waals surface area contributed by atoms with Gasteiger partial charge in [-0.1, -0.05) is 36.4 Å². The Bertz CT molecular complexity index is 1090. The quantitative estimate of drug-likeness (QED) is 0.448. The number of anilines is 1. The average molecular weight is 317 g/mol. The molecule has 1 aliphatic rings. The van der Waals surface area contributed by atoms with Crippen molar-refractivity contribution in [1.29, 1.82) is 0 Å². The number of rotatable bonds is 2. The van der Waals surface area contributed by atoms with Gasteiger partial charge in [-0.15, -0.1) is 0 Å². The number of nitrogens with one attached hydrogen (secondary N) is 1. The molecule has 0 unspecified atom stereocenters. The number of fused-ring (bicyclic) bond motifs is 2. The van der Waals surface area contributed by atoms with E-state index in [-0.39, 0.29) is 17.0 Å². The van der Waals surface area contributed by atoms with Crippen LogP contribution in [0.2, 0.25) is 0 Å². The Morgan fingerprint density at radius 3 is 2.62 bits per heavy atom. The van der Waals surface area contributed by atoms with Crippen LogP contribution in [0, 0.1) is 0 Å². The third-order valence-electron chi connectivity index (χ3n) is 3.89. The lowest BCUT2D eigenvalue weighted by molar-refractivity contribution is -0.110. The van der Waals surface area contributed by atoms with Crippen LogP contribution in [-0.4, -0.2) is 11.7 Å². The van der Waals surface area contributed by atoms with Gasteiger partial charge >= 0.3 is 5.63 Å². The number of carbonyl (C=O) groups is 2. The highest BCUT2D eigenvalue weighted by molar-refractivity contribution is 6.35. The normalized spacial score (nSPS) is 14.7. The van der Waals surface area contributed by atoms with Crippen molar-refractivity contribution in [2.24, 2.45) is 0 Å². The van der Waals surface area contributed by atoms with Gasteiger partial charge in [-0.05, 0) is 24.3 Å². The molecule has 1 aromatic heterocycles. The molecule has 116 valence electrons. The van der Waals surface area contributed by atoms with Crippen LogP contribution in [0.5, 0.6) is 0 Å². The van der Waals surface area contributed by atoms with E-state index < -0.39 is 11.4 Å². The first-order chi connectivity index (χ1) is 11.6. The van der Waals surface area contributed by atoms with E-state index in [1.807, 2.05) is 0 Å². The molecule has 1 aliphatic heterocycles. The summed E-state index contributed by atoms with van der Waals surface area (Å²) in [6.07, 6.45) is 1.18. The zero-order valence-electron chi connectivity index (χ0n) is 12.4. The predicted molar refractivity (Wildman–Crippen MR) is 89.9 cm³/mol. The minimum Gasteiger partial charge on any atom is -0.422 e. The van der Waals surface area contributed by atoms with Crippen LogP contribution in [0.15, 0.2) is 69.9 Å². The first kappa shape index (κ1) is 14.1. The van der Waals surface area contributed by atoms with Crippen LogP contribution in [0.3, 0.4) is 0 Å². The van der Waals surface area contributed by atoms with E-state index in [4.69, 9.17) is 4.42 Å². The minimum atomic E-state index is -0.720. The maximum atomic E-state index is 12.5. The maximum Gasteiger partial charge on any atom is 0.347 e. The monoisotopic (exact) mass is 317 g/mol. The summed E-state index contributed by atoms with van der Waals surface area (Å²) < 4.78 is 5.17. The smallest absolute Gasteiger partial charge is 0.347 e. The molecular weight excluding hydrogens is 306 g/mol. The van der Waals surface area contributed by atoms with Gasteiger partial charge in [-0.25, -0.2) is 4.79 Å². The highest BCUT2D eigenvalue weighted by Crippen LogP contribution is 2.31. The number of amides is 1. The van der Waals surface area contributed by atoms with E-state index in [1.165, 1.54) is 12.1 Å². The molecule has 0 saturated heterocycles. The van der Waals surface area contributed by atoms with E-state index >= 15 is 0 Å². The number of carbonyl (C=O) groups excluding carboxylic acids is 2. The largest absolute Gasteiger partial charge is 0.422 e. The lowest BCUT2D eigenvalue weighted by Gasteiger charge is -2.00. The molecule has 0 radical (unpaired) electrons. The number of allylic oxidation sites excluding steroid dienone is 1. The summed E-state index contributed by atoms with van der Waals surface area (Å²) in [4.78, 5) is 36.6. The number of para-hydroxylation sites is 2. The molecule has 0 spiro atoms. The lowest BCUT2D eigenvalue weighted by atomic mass is 10.0. The number of hydrogen-bond acceptors (Lipinski definition) is 4. The van der Waals surface area contributed by atoms with Gasteiger partial charge in [0.05, 0.1) is 5.57 Å². The van der Waals surface area contributed by atoms with Gasteiger partial charge in [0, 0.05) is 16.6 Å². The molecule has 5 heteroatoms. The van der Waals surface area contributed by atoms with Crippen LogP contribution in [0.4, 0.5) is 5.69 Å². The van der Waals surface area contributed by atoms with Gasteiger partial charge in [0.25, 0.3) is 5.91 Å². The average Bonchev–Trinajstić information content (AvgIpc) is 2.90.